The monoisotopic (exact) mass is 378 g/mol. The largest absolute Gasteiger partial charge is 0.497 e. The van der Waals surface area contributed by atoms with E-state index in [1.54, 1.807) is 13.3 Å². The number of benzene rings is 2. The molecule has 0 amide bonds. The molecule has 0 bridgehead atoms. The zero-order valence-corrected chi connectivity index (χ0v) is 16.5. The fraction of sp³-hybridized carbons (Fsp3) is 0.273. The Balaban J connectivity index is 1.61. The fourth-order valence-electron chi connectivity index (χ4n) is 2.72. The van der Waals surface area contributed by atoms with Crippen LogP contribution in [-0.4, -0.2) is 29.7 Å². The molecular formula is C22H26N4O2. The van der Waals surface area contributed by atoms with Crippen LogP contribution in [0, 0.1) is 0 Å². The van der Waals surface area contributed by atoms with E-state index in [4.69, 9.17) is 9.47 Å². The molecule has 1 heterocycles. The second-order valence-corrected chi connectivity index (χ2v) is 6.58. The van der Waals surface area contributed by atoms with E-state index in [2.05, 4.69) is 26.7 Å². The lowest BCUT2D eigenvalue weighted by molar-refractivity contribution is 0.244. The number of ether oxygens (including phenoxy) is 2. The Bertz CT molecular complexity index is 899. The van der Waals surface area contributed by atoms with E-state index in [-0.39, 0.29) is 6.10 Å². The molecule has 1 aromatic heterocycles. The molecule has 28 heavy (non-hydrogen) atoms. The summed E-state index contributed by atoms with van der Waals surface area (Å²) in [6.07, 6.45) is 2.68. The fourth-order valence-corrected chi connectivity index (χ4v) is 2.72. The zero-order chi connectivity index (χ0) is 19.8. The van der Waals surface area contributed by atoms with Crippen molar-refractivity contribution < 1.29 is 9.47 Å². The minimum Gasteiger partial charge on any atom is -0.497 e. The number of para-hydroxylation sites is 2. The van der Waals surface area contributed by atoms with Gasteiger partial charge in [0.05, 0.1) is 18.9 Å². The minimum atomic E-state index is 0.0992. The molecule has 2 N–H and O–H groups in total. The smallest absolute Gasteiger partial charge is 0.224 e. The Kier molecular flexibility index (Phi) is 6.68. The number of anilines is 3. The molecule has 2 aromatic carbocycles. The maximum Gasteiger partial charge on any atom is 0.224 e. The van der Waals surface area contributed by atoms with E-state index in [0.29, 0.717) is 11.8 Å². The van der Waals surface area contributed by atoms with Crippen molar-refractivity contribution >= 4 is 17.5 Å². The molecule has 0 radical (unpaired) electrons. The first-order valence-corrected chi connectivity index (χ1v) is 9.36. The van der Waals surface area contributed by atoms with E-state index < -0.39 is 0 Å². The third kappa shape index (κ3) is 5.61. The first-order chi connectivity index (χ1) is 13.6. The Morgan fingerprint density at radius 3 is 2.71 bits per heavy atom. The summed E-state index contributed by atoms with van der Waals surface area (Å²) in [6.45, 7) is 4.74. The molecule has 3 aromatic rings. The number of hydrogen-bond donors (Lipinski definition) is 2. The summed E-state index contributed by atoms with van der Waals surface area (Å²) in [6, 6.07) is 17.7. The SMILES string of the molecule is COc1cccc(CCNc2nccc(Nc3ccccc3OC(C)C)n2)c1. The molecule has 0 saturated heterocycles. The average molecular weight is 378 g/mol. The van der Waals surface area contributed by atoms with Crippen LogP contribution in [0.2, 0.25) is 0 Å². The quantitative estimate of drug-likeness (QED) is 0.564. The van der Waals surface area contributed by atoms with Gasteiger partial charge in [0.25, 0.3) is 0 Å². The highest BCUT2D eigenvalue weighted by molar-refractivity contribution is 5.64. The van der Waals surface area contributed by atoms with Gasteiger partial charge >= 0.3 is 0 Å². The molecule has 0 aliphatic rings. The maximum absolute atomic E-state index is 5.85. The minimum absolute atomic E-state index is 0.0992. The van der Waals surface area contributed by atoms with Crippen molar-refractivity contribution in [2.45, 2.75) is 26.4 Å². The number of nitrogens with one attached hydrogen (secondary N) is 2. The van der Waals surface area contributed by atoms with Crippen LogP contribution in [0.5, 0.6) is 11.5 Å². The van der Waals surface area contributed by atoms with Crippen molar-refractivity contribution in [1.29, 1.82) is 0 Å². The summed E-state index contributed by atoms with van der Waals surface area (Å²) in [5.74, 6) is 2.94. The van der Waals surface area contributed by atoms with E-state index in [1.165, 1.54) is 5.56 Å². The van der Waals surface area contributed by atoms with E-state index >= 15 is 0 Å². The van der Waals surface area contributed by atoms with E-state index in [0.717, 1.165) is 30.2 Å². The zero-order valence-electron chi connectivity index (χ0n) is 16.5. The van der Waals surface area contributed by atoms with Gasteiger partial charge in [-0.1, -0.05) is 24.3 Å². The predicted molar refractivity (Wildman–Crippen MR) is 113 cm³/mol. The molecule has 3 rings (SSSR count). The lowest BCUT2D eigenvalue weighted by Gasteiger charge is -2.15. The number of methoxy groups -OCH3 is 1. The van der Waals surface area contributed by atoms with Gasteiger partial charge in [0.2, 0.25) is 5.95 Å². The molecule has 0 atom stereocenters. The van der Waals surface area contributed by atoms with Crippen molar-refractivity contribution in [3.05, 3.63) is 66.4 Å². The first kappa shape index (κ1) is 19.5. The van der Waals surface area contributed by atoms with Crippen LogP contribution in [0.25, 0.3) is 0 Å². The van der Waals surface area contributed by atoms with Crippen LogP contribution in [0.3, 0.4) is 0 Å². The van der Waals surface area contributed by atoms with Gasteiger partial charge in [-0.3, -0.25) is 0 Å². The Hall–Kier alpha value is -3.28. The lowest BCUT2D eigenvalue weighted by Crippen LogP contribution is -2.09. The second-order valence-electron chi connectivity index (χ2n) is 6.58. The van der Waals surface area contributed by atoms with Gasteiger partial charge in [0.15, 0.2) is 0 Å². The third-order valence-electron chi connectivity index (χ3n) is 4.00. The van der Waals surface area contributed by atoms with Gasteiger partial charge in [-0.05, 0) is 56.2 Å². The second kappa shape index (κ2) is 9.60. The average Bonchev–Trinajstić information content (AvgIpc) is 2.70. The Morgan fingerprint density at radius 1 is 1.04 bits per heavy atom. The molecule has 0 unspecified atom stereocenters. The van der Waals surface area contributed by atoms with Crippen molar-refractivity contribution in [2.75, 3.05) is 24.3 Å². The van der Waals surface area contributed by atoms with E-state index in [9.17, 15) is 0 Å². The lowest BCUT2D eigenvalue weighted by atomic mass is 10.1. The van der Waals surface area contributed by atoms with Gasteiger partial charge in [-0.25, -0.2) is 4.98 Å². The third-order valence-corrected chi connectivity index (χ3v) is 4.00. The van der Waals surface area contributed by atoms with Crippen molar-refractivity contribution in [3.63, 3.8) is 0 Å². The molecule has 0 saturated carbocycles. The summed E-state index contributed by atoms with van der Waals surface area (Å²) in [7, 11) is 1.67. The van der Waals surface area contributed by atoms with Crippen LogP contribution in [0.1, 0.15) is 19.4 Å². The highest BCUT2D eigenvalue weighted by Crippen LogP contribution is 2.27. The summed E-state index contributed by atoms with van der Waals surface area (Å²) in [5, 5.41) is 6.58. The molecule has 146 valence electrons. The standard InChI is InChI=1S/C22H26N4O2/c1-16(2)28-20-10-5-4-9-19(20)25-21-12-14-24-22(26-21)23-13-11-17-7-6-8-18(15-17)27-3/h4-10,12,14-16H,11,13H2,1-3H3,(H2,23,24,25,26). The van der Waals surface area contributed by atoms with E-state index in [1.807, 2.05) is 62.4 Å². The van der Waals surface area contributed by atoms with Crippen molar-refractivity contribution in [2.24, 2.45) is 0 Å². The van der Waals surface area contributed by atoms with Crippen LogP contribution < -0.4 is 20.1 Å². The predicted octanol–water partition coefficient (Wildman–Crippen LogP) is 4.67. The van der Waals surface area contributed by atoms with Crippen LogP contribution in [-0.2, 0) is 6.42 Å². The molecule has 0 fully saturated rings. The molecular weight excluding hydrogens is 352 g/mol. The molecule has 0 aliphatic carbocycles. The molecule has 0 spiro atoms. The van der Waals surface area contributed by atoms with Gasteiger partial charge in [0.1, 0.15) is 17.3 Å². The van der Waals surface area contributed by atoms with Crippen LogP contribution >= 0.6 is 0 Å². The number of nitrogens with zero attached hydrogens (tertiary/aromatic N) is 2. The highest BCUT2D eigenvalue weighted by atomic mass is 16.5. The molecule has 0 aliphatic heterocycles. The normalized spacial score (nSPS) is 10.6. The molecule has 6 nitrogen and oxygen atoms in total. The molecule has 6 heteroatoms. The van der Waals surface area contributed by atoms with Gasteiger partial charge in [-0.2, -0.15) is 4.98 Å². The Morgan fingerprint density at radius 2 is 1.89 bits per heavy atom. The highest BCUT2D eigenvalue weighted by Gasteiger charge is 2.07. The summed E-state index contributed by atoms with van der Waals surface area (Å²) in [4.78, 5) is 8.84. The van der Waals surface area contributed by atoms with Crippen molar-refractivity contribution in [1.82, 2.24) is 9.97 Å². The van der Waals surface area contributed by atoms with Crippen LogP contribution in [0.4, 0.5) is 17.5 Å². The van der Waals surface area contributed by atoms with Crippen LogP contribution in [0.15, 0.2) is 60.8 Å². The topological polar surface area (TPSA) is 68.3 Å². The summed E-state index contributed by atoms with van der Waals surface area (Å²) >= 11 is 0. The summed E-state index contributed by atoms with van der Waals surface area (Å²) in [5.41, 5.74) is 2.07. The first-order valence-electron chi connectivity index (χ1n) is 9.36. The number of rotatable bonds is 9. The summed E-state index contributed by atoms with van der Waals surface area (Å²) < 4.78 is 11.1. The number of hydrogen-bond acceptors (Lipinski definition) is 6. The van der Waals surface area contributed by atoms with Gasteiger partial charge < -0.3 is 20.1 Å². The van der Waals surface area contributed by atoms with Gasteiger partial charge in [0, 0.05) is 12.7 Å². The van der Waals surface area contributed by atoms with Gasteiger partial charge in [-0.15, -0.1) is 0 Å². The van der Waals surface area contributed by atoms with Crippen molar-refractivity contribution in [3.8, 4) is 11.5 Å². The maximum atomic E-state index is 5.85. The Labute approximate surface area is 166 Å². The number of aromatic nitrogens is 2.